The first kappa shape index (κ1) is 13.7. The van der Waals surface area contributed by atoms with Gasteiger partial charge in [0.15, 0.2) is 0 Å². The largest absolute Gasteiger partial charge is 0.324 e. The molecule has 1 aliphatic heterocycles. The van der Waals surface area contributed by atoms with Gasteiger partial charge in [0, 0.05) is 15.7 Å². The highest BCUT2D eigenvalue weighted by atomic mass is 35.5. The van der Waals surface area contributed by atoms with Crippen LogP contribution in [0.3, 0.4) is 0 Å². The molecule has 5 heteroatoms. The van der Waals surface area contributed by atoms with E-state index in [9.17, 15) is 4.79 Å². The van der Waals surface area contributed by atoms with Gasteiger partial charge in [-0.3, -0.25) is 4.79 Å². The lowest BCUT2D eigenvalue weighted by Gasteiger charge is -2.26. The van der Waals surface area contributed by atoms with Crippen LogP contribution in [0.25, 0.3) is 0 Å². The van der Waals surface area contributed by atoms with E-state index in [-0.39, 0.29) is 5.91 Å². The summed E-state index contributed by atoms with van der Waals surface area (Å²) in [6.45, 7) is 2.90. The van der Waals surface area contributed by atoms with Crippen molar-refractivity contribution in [3.05, 3.63) is 28.2 Å². The number of halogens is 2. The van der Waals surface area contributed by atoms with Gasteiger partial charge in [0.05, 0.1) is 5.54 Å². The quantitative estimate of drug-likeness (QED) is 0.893. The van der Waals surface area contributed by atoms with E-state index in [1.54, 1.807) is 18.2 Å². The molecule has 1 atom stereocenters. The third-order valence-corrected chi connectivity index (χ3v) is 3.84. The summed E-state index contributed by atoms with van der Waals surface area (Å²) in [5.41, 5.74) is 0.188. The zero-order valence-electron chi connectivity index (χ0n) is 10.2. The van der Waals surface area contributed by atoms with Crippen LogP contribution in [-0.2, 0) is 4.79 Å². The highest BCUT2D eigenvalue weighted by Crippen LogP contribution is 2.27. The van der Waals surface area contributed by atoms with Crippen molar-refractivity contribution in [2.45, 2.75) is 31.7 Å². The Morgan fingerprint density at radius 3 is 2.56 bits per heavy atom. The van der Waals surface area contributed by atoms with Crippen LogP contribution in [0, 0.1) is 0 Å². The van der Waals surface area contributed by atoms with Gasteiger partial charge in [0.1, 0.15) is 0 Å². The van der Waals surface area contributed by atoms with Gasteiger partial charge in [-0.25, -0.2) is 0 Å². The molecule has 2 N–H and O–H groups in total. The standard InChI is InChI=1S/C13H16Cl2N2O/c1-2-13(4-3-5-16-13)12(18)17-11-7-9(14)6-10(15)8-11/h6-8,16H,2-5H2,1H3,(H,17,18). The molecule has 0 radical (unpaired) electrons. The number of hydrogen-bond acceptors (Lipinski definition) is 2. The van der Waals surface area contributed by atoms with Crippen molar-refractivity contribution >= 4 is 34.8 Å². The highest BCUT2D eigenvalue weighted by Gasteiger charge is 2.39. The fourth-order valence-corrected chi connectivity index (χ4v) is 2.87. The van der Waals surface area contributed by atoms with Crippen molar-refractivity contribution in [3.63, 3.8) is 0 Å². The maximum absolute atomic E-state index is 12.3. The van der Waals surface area contributed by atoms with Crippen LogP contribution in [0.1, 0.15) is 26.2 Å². The molecule has 1 heterocycles. The van der Waals surface area contributed by atoms with Gasteiger partial charge in [-0.05, 0) is 44.0 Å². The van der Waals surface area contributed by atoms with Gasteiger partial charge in [0.2, 0.25) is 5.91 Å². The zero-order valence-corrected chi connectivity index (χ0v) is 11.7. The van der Waals surface area contributed by atoms with Crippen molar-refractivity contribution in [3.8, 4) is 0 Å². The van der Waals surface area contributed by atoms with E-state index in [0.717, 1.165) is 25.8 Å². The molecule has 1 amide bonds. The average Bonchev–Trinajstić information content (AvgIpc) is 2.77. The van der Waals surface area contributed by atoms with Gasteiger partial charge in [-0.1, -0.05) is 30.1 Å². The van der Waals surface area contributed by atoms with Crippen molar-refractivity contribution in [2.75, 3.05) is 11.9 Å². The fourth-order valence-electron chi connectivity index (χ4n) is 2.34. The van der Waals surface area contributed by atoms with Crippen molar-refractivity contribution in [1.82, 2.24) is 5.32 Å². The molecule has 0 saturated carbocycles. The van der Waals surface area contributed by atoms with E-state index < -0.39 is 5.54 Å². The van der Waals surface area contributed by atoms with Crippen molar-refractivity contribution < 1.29 is 4.79 Å². The second kappa shape index (κ2) is 5.47. The predicted molar refractivity (Wildman–Crippen MR) is 75.4 cm³/mol. The normalized spacial score (nSPS) is 23.1. The van der Waals surface area contributed by atoms with Crippen LogP contribution in [-0.4, -0.2) is 18.0 Å². The molecule has 1 fully saturated rings. The monoisotopic (exact) mass is 286 g/mol. The van der Waals surface area contributed by atoms with Gasteiger partial charge < -0.3 is 10.6 Å². The minimum absolute atomic E-state index is 0.0131. The Morgan fingerprint density at radius 2 is 2.06 bits per heavy atom. The summed E-state index contributed by atoms with van der Waals surface area (Å²) < 4.78 is 0. The van der Waals surface area contributed by atoms with E-state index >= 15 is 0 Å². The van der Waals surface area contributed by atoms with E-state index in [1.807, 2.05) is 6.92 Å². The van der Waals surface area contributed by atoms with Gasteiger partial charge in [-0.2, -0.15) is 0 Å². The smallest absolute Gasteiger partial charge is 0.244 e. The topological polar surface area (TPSA) is 41.1 Å². The van der Waals surface area contributed by atoms with E-state index in [0.29, 0.717) is 15.7 Å². The molecular formula is C13H16Cl2N2O. The minimum Gasteiger partial charge on any atom is -0.324 e. The summed E-state index contributed by atoms with van der Waals surface area (Å²) in [4.78, 5) is 12.3. The molecule has 1 unspecified atom stereocenters. The number of benzene rings is 1. The molecule has 98 valence electrons. The molecule has 0 aliphatic carbocycles. The van der Waals surface area contributed by atoms with Gasteiger partial charge in [-0.15, -0.1) is 0 Å². The lowest BCUT2D eigenvalue weighted by atomic mass is 9.93. The molecule has 0 spiro atoms. The Labute approximate surface area is 117 Å². The zero-order chi connectivity index (χ0) is 13.2. The molecule has 1 aromatic rings. The second-order valence-electron chi connectivity index (χ2n) is 4.58. The summed E-state index contributed by atoms with van der Waals surface area (Å²) in [5.74, 6) is -0.0131. The summed E-state index contributed by atoms with van der Waals surface area (Å²) in [7, 11) is 0. The number of amides is 1. The molecular weight excluding hydrogens is 271 g/mol. The Kier molecular flexibility index (Phi) is 4.15. The van der Waals surface area contributed by atoms with Crippen LogP contribution in [0.5, 0.6) is 0 Å². The molecule has 1 saturated heterocycles. The third kappa shape index (κ3) is 2.79. The first-order valence-corrected chi connectivity index (χ1v) is 6.84. The summed E-state index contributed by atoms with van der Waals surface area (Å²) >= 11 is 11.8. The molecule has 1 aromatic carbocycles. The van der Waals surface area contributed by atoms with Gasteiger partial charge in [0.25, 0.3) is 0 Å². The van der Waals surface area contributed by atoms with Crippen LogP contribution >= 0.6 is 23.2 Å². The average molecular weight is 287 g/mol. The third-order valence-electron chi connectivity index (χ3n) is 3.40. The van der Waals surface area contributed by atoms with Crippen LogP contribution < -0.4 is 10.6 Å². The number of hydrogen-bond donors (Lipinski definition) is 2. The molecule has 3 nitrogen and oxygen atoms in total. The van der Waals surface area contributed by atoms with Gasteiger partial charge >= 0.3 is 0 Å². The Hall–Kier alpha value is -0.770. The molecule has 0 aromatic heterocycles. The van der Waals surface area contributed by atoms with Crippen molar-refractivity contribution in [2.24, 2.45) is 0 Å². The number of rotatable bonds is 3. The highest BCUT2D eigenvalue weighted by molar-refractivity contribution is 6.35. The van der Waals surface area contributed by atoms with Crippen LogP contribution in [0.4, 0.5) is 5.69 Å². The summed E-state index contributed by atoms with van der Waals surface area (Å²) in [6, 6.07) is 5.04. The summed E-state index contributed by atoms with van der Waals surface area (Å²) in [5, 5.41) is 7.21. The molecule has 2 rings (SSSR count). The van der Waals surface area contributed by atoms with Crippen molar-refractivity contribution in [1.29, 1.82) is 0 Å². The maximum atomic E-state index is 12.3. The predicted octanol–water partition coefficient (Wildman–Crippen LogP) is 3.46. The molecule has 18 heavy (non-hydrogen) atoms. The van der Waals surface area contributed by atoms with E-state index in [1.165, 1.54) is 0 Å². The number of nitrogens with one attached hydrogen (secondary N) is 2. The van der Waals surface area contributed by atoms with E-state index in [2.05, 4.69) is 10.6 Å². The first-order chi connectivity index (χ1) is 8.55. The minimum atomic E-state index is -0.450. The van der Waals surface area contributed by atoms with Crippen LogP contribution in [0.2, 0.25) is 10.0 Å². The fraction of sp³-hybridized carbons (Fsp3) is 0.462. The molecule has 0 bridgehead atoms. The van der Waals surface area contributed by atoms with E-state index in [4.69, 9.17) is 23.2 Å². The lowest BCUT2D eigenvalue weighted by molar-refractivity contribution is -0.122. The Balaban J connectivity index is 2.15. The number of carbonyl (C=O) groups is 1. The molecule has 1 aliphatic rings. The summed E-state index contributed by atoms with van der Waals surface area (Å²) in [6.07, 6.45) is 2.66. The first-order valence-electron chi connectivity index (χ1n) is 6.08. The Bertz CT molecular complexity index is 436. The lowest BCUT2D eigenvalue weighted by Crippen LogP contribution is -2.50. The maximum Gasteiger partial charge on any atom is 0.244 e. The number of carbonyl (C=O) groups excluding carboxylic acids is 1. The SMILES string of the molecule is CCC1(C(=O)Nc2cc(Cl)cc(Cl)c2)CCCN1. The number of anilines is 1. The van der Waals surface area contributed by atoms with Crippen LogP contribution in [0.15, 0.2) is 18.2 Å². The second-order valence-corrected chi connectivity index (χ2v) is 5.45. The Morgan fingerprint density at radius 1 is 1.39 bits per heavy atom.